The van der Waals surface area contributed by atoms with E-state index in [0.717, 1.165) is 29.0 Å². The van der Waals surface area contributed by atoms with E-state index < -0.39 is 11.9 Å². The second-order valence-electron chi connectivity index (χ2n) is 5.74. The van der Waals surface area contributed by atoms with Crippen molar-refractivity contribution in [3.8, 4) is 5.75 Å². The first kappa shape index (κ1) is 15.9. The Bertz CT molecular complexity index is 709. The highest BCUT2D eigenvalue weighted by Crippen LogP contribution is 2.33. The Balaban J connectivity index is 1.80. The summed E-state index contributed by atoms with van der Waals surface area (Å²) in [4.78, 5) is 2.01. The molecule has 124 valence electrons. The van der Waals surface area contributed by atoms with E-state index in [1.54, 1.807) is 7.11 Å². The van der Waals surface area contributed by atoms with E-state index in [9.17, 15) is 13.2 Å². The van der Waals surface area contributed by atoms with Crippen LogP contribution >= 0.6 is 0 Å². The second kappa shape index (κ2) is 5.88. The number of fused-ring (bicyclic) bond motifs is 1. The monoisotopic (exact) mass is 325 g/mol. The van der Waals surface area contributed by atoms with Gasteiger partial charge in [0.1, 0.15) is 11.4 Å². The van der Waals surface area contributed by atoms with E-state index in [0.29, 0.717) is 6.54 Å². The van der Waals surface area contributed by atoms with Gasteiger partial charge < -0.3 is 4.74 Å². The average Bonchev–Trinajstić information content (AvgIpc) is 2.87. The highest BCUT2D eigenvalue weighted by molar-refractivity contribution is 5.37. The number of aryl methyl sites for hydroxylation is 1. The Morgan fingerprint density at radius 3 is 2.74 bits per heavy atom. The molecular weight excluding hydrogens is 307 g/mol. The number of aromatic nitrogens is 2. The maximum absolute atomic E-state index is 13.1. The number of rotatable bonds is 3. The Hall–Kier alpha value is -2.02. The second-order valence-corrected chi connectivity index (χ2v) is 5.74. The van der Waals surface area contributed by atoms with Crippen molar-refractivity contribution in [3.05, 3.63) is 46.8 Å². The Kier molecular flexibility index (Phi) is 4.06. The Morgan fingerprint density at radius 2 is 2.04 bits per heavy atom. The molecule has 3 rings (SSSR count). The van der Waals surface area contributed by atoms with Crippen LogP contribution < -0.4 is 4.74 Å². The van der Waals surface area contributed by atoms with Crippen molar-refractivity contribution in [1.29, 1.82) is 0 Å². The summed E-state index contributed by atoms with van der Waals surface area (Å²) in [6, 6.07) is 5.89. The van der Waals surface area contributed by atoms with Gasteiger partial charge in [-0.15, -0.1) is 0 Å². The van der Waals surface area contributed by atoms with Gasteiger partial charge in [-0.2, -0.15) is 18.3 Å². The molecule has 1 aliphatic rings. The highest BCUT2D eigenvalue weighted by atomic mass is 19.4. The summed E-state index contributed by atoms with van der Waals surface area (Å²) in [7, 11) is 2.93. The molecule has 23 heavy (non-hydrogen) atoms. The molecule has 0 aliphatic carbocycles. The van der Waals surface area contributed by atoms with Crippen LogP contribution in [-0.4, -0.2) is 28.3 Å². The lowest BCUT2D eigenvalue weighted by Gasteiger charge is -2.29. The van der Waals surface area contributed by atoms with E-state index in [-0.39, 0.29) is 12.1 Å². The van der Waals surface area contributed by atoms with Gasteiger partial charge in [0, 0.05) is 32.2 Å². The predicted molar refractivity (Wildman–Crippen MR) is 79.0 cm³/mol. The van der Waals surface area contributed by atoms with Crippen molar-refractivity contribution >= 4 is 0 Å². The number of ether oxygens (including phenoxy) is 1. The third-order valence-corrected chi connectivity index (χ3v) is 4.18. The van der Waals surface area contributed by atoms with Crippen LogP contribution in [0.15, 0.2) is 24.4 Å². The van der Waals surface area contributed by atoms with E-state index >= 15 is 0 Å². The first-order valence-electron chi connectivity index (χ1n) is 7.34. The normalized spacial score (nSPS) is 15.5. The van der Waals surface area contributed by atoms with Gasteiger partial charge in [0.15, 0.2) is 0 Å². The maximum Gasteiger partial charge on any atom is 0.433 e. The van der Waals surface area contributed by atoms with Gasteiger partial charge in [0.25, 0.3) is 0 Å². The fourth-order valence-electron chi connectivity index (χ4n) is 3.06. The van der Waals surface area contributed by atoms with Crippen molar-refractivity contribution in [1.82, 2.24) is 14.7 Å². The molecule has 0 saturated heterocycles. The van der Waals surface area contributed by atoms with Crippen molar-refractivity contribution in [2.45, 2.75) is 25.7 Å². The Labute approximate surface area is 132 Å². The topological polar surface area (TPSA) is 30.3 Å². The molecule has 1 aliphatic heterocycles. The lowest BCUT2D eigenvalue weighted by molar-refractivity contribution is -0.144. The lowest BCUT2D eigenvalue weighted by Crippen LogP contribution is -2.30. The number of hydrogen-bond donors (Lipinski definition) is 0. The minimum atomic E-state index is -4.39. The number of alkyl halides is 3. The van der Waals surface area contributed by atoms with Crippen molar-refractivity contribution < 1.29 is 17.9 Å². The lowest BCUT2D eigenvalue weighted by atomic mass is 9.99. The first-order valence-corrected chi connectivity index (χ1v) is 7.34. The van der Waals surface area contributed by atoms with Gasteiger partial charge in [0.05, 0.1) is 13.3 Å². The highest BCUT2D eigenvalue weighted by Gasteiger charge is 2.37. The summed E-state index contributed by atoms with van der Waals surface area (Å²) < 4.78 is 45.5. The van der Waals surface area contributed by atoms with Crippen LogP contribution in [0.1, 0.15) is 22.4 Å². The van der Waals surface area contributed by atoms with Crippen LogP contribution in [0.4, 0.5) is 13.2 Å². The summed E-state index contributed by atoms with van der Waals surface area (Å²) in [6.45, 7) is 1.57. The standard InChI is InChI=1S/C16H18F3N3O/c1-21-15(16(17,18)19)13(8-20-21)10-22-6-5-11-3-4-14(23-2)7-12(11)9-22/h3-4,7-8H,5-6,9-10H2,1-2H3. The average molecular weight is 325 g/mol. The predicted octanol–water partition coefficient (Wildman–Crippen LogP) is 3.01. The quantitative estimate of drug-likeness (QED) is 0.869. The van der Waals surface area contributed by atoms with Crippen LogP contribution in [0.25, 0.3) is 0 Å². The van der Waals surface area contributed by atoms with Gasteiger partial charge in [-0.3, -0.25) is 9.58 Å². The molecule has 0 atom stereocenters. The van der Waals surface area contributed by atoms with Gasteiger partial charge in [-0.25, -0.2) is 0 Å². The van der Waals surface area contributed by atoms with E-state index in [1.807, 2.05) is 23.1 Å². The van der Waals surface area contributed by atoms with Crippen LogP contribution in [-0.2, 0) is 32.7 Å². The summed E-state index contributed by atoms with van der Waals surface area (Å²) in [5.41, 5.74) is 1.87. The molecule has 0 saturated carbocycles. The maximum atomic E-state index is 13.1. The van der Waals surface area contributed by atoms with Gasteiger partial charge in [-0.1, -0.05) is 6.07 Å². The van der Waals surface area contributed by atoms with Gasteiger partial charge in [0.2, 0.25) is 0 Å². The molecule has 1 aromatic heterocycles. The van der Waals surface area contributed by atoms with Gasteiger partial charge in [-0.05, 0) is 29.7 Å². The number of nitrogens with zero attached hydrogens (tertiary/aromatic N) is 3. The molecule has 0 unspecified atom stereocenters. The number of benzene rings is 1. The molecular formula is C16H18F3N3O. The van der Waals surface area contributed by atoms with Crippen LogP contribution in [0, 0.1) is 0 Å². The van der Waals surface area contributed by atoms with Crippen LogP contribution in [0.3, 0.4) is 0 Å². The molecule has 4 nitrogen and oxygen atoms in total. The number of methoxy groups -OCH3 is 1. The summed E-state index contributed by atoms with van der Waals surface area (Å²) in [6.07, 6.45) is -2.26. The van der Waals surface area contributed by atoms with Crippen molar-refractivity contribution in [2.24, 2.45) is 7.05 Å². The Morgan fingerprint density at radius 1 is 1.26 bits per heavy atom. The third kappa shape index (κ3) is 3.19. The van der Waals surface area contributed by atoms with Crippen LogP contribution in [0.5, 0.6) is 5.75 Å². The summed E-state index contributed by atoms with van der Waals surface area (Å²) in [5, 5.41) is 3.77. The summed E-state index contributed by atoms with van der Waals surface area (Å²) in [5.74, 6) is 0.767. The number of halogens is 3. The fraction of sp³-hybridized carbons (Fsp3) is 0.438. The zero-order valence-electron chi connectivity index (χ0n) is 13.0. The van der Waals surface area contributed by atoms with Crippen molar-refractivity contribution in [2.75, 3.05) is 13.7 Å². The minimum absolute atomic E-state index is 0.214. The number of hydrogen-bond acceptors (Lipinski definition) is 3. The minimum Gasteiger partial charge on any atom is -0.497 e. The summed E-state index contributed by atoms with van der Waals surface area (Å²) >= 11 is 0. The van der Waals surface area contributed by atoms with E-state index in [2.05, 4.69) is 5.10 Å². The molecule has 0 fully saturated rings. The molecule has 0 radical (unpaired) electrons. The molecule has 0 N–H and O–H groups in total. The molecule has 0 amide bonds. The van der Waals surface area contributed by atoms with Crippen molar-refractivity contribution in [3.63, 3.8) is 0 Å². The largest absolute Gasteiger partial charge is 0.497 e. The molecule has 0 spiro atoms. The first-order chi connectivity index (χ1) is 10.9. The third-order valence-electron chi connectivity index (χ3n) is 4.18. The smallest absolute Gasteiger partial charge is 0.433 e. The molecule has 0 bridgehead atoms. The van der Waals surface area contributed by atoms with Crippen LogP contribution in [0.2, 0.25) is 0 Å². The van der Waals surface area contributed by atoms with E-state index in [1.165, 1.54) is 18.8 Å². The SMILES string of the molecule is COc1ccc2c(c1)CN(Cc1cnn(C)c1C(F)(F)F)CC2. The zero-order valence-corrected chi connectivity index (χ0v) is 13.0. The van der Waals surface area contributed by atoms with Gasteiger partial charge >= 0.3 is 6.18 Å². The fourth-order valence-corrected chi connectivity index (χ4v) is 3.06. The zero-order chi connectivity index (χ0) is 16.6. The molecule has 7 heteroatoms. The molecule has 2 aromatic rings. The molecule has 2 heterocycles. The van der Waals surface area contributed by atoms with E-state index in [4.69, 9.17) is 4.74 Å². The molecule has 1 aromatic carbocycles.